The molecule has 4 heteroatoms. The Morgan fingerprint density at radius 1 is 1.35 bits per heavy atom. The van der Waals surface area contributed by atoms with Crippen LogP contribution in [0.4, 0.5) is 4.39 Å². The van der Waals surface area contributed by atoms with E-state index in [9.17, 15) is 4.39 Å². The first-order valence-corrected chi connectivity index (χ1v) is 5.88. The molecule has 3 N–H and O–H groups in total. The van der Waals surface area contributed by atoms with Crippen molar-refractivity contribution in [3.63, 3.8) is 0 Å². The van der Waals surface area contributed by atoms with E-state index in [1.165, 1.54) is 7.11 Å². The van der Waals surface area contributed by atoms with Gasteiger partial charge in [0.25, 0.3) is 0 Å². The Morgan fingerprint density at radius 2 is 2.06 bits per heavy atom. The van der Waals surface area contributed by atoms with E-state index in [1.54, 1.807) is 18.2 Å². The molecule has 0 aromatic heterocycles. The lowest BCUT2D eigenvalue weighted by Gasteiger charge is -2.19. The summed E-state index contributed by atoms with van der Waals surface area (Å²) < 4.78 is 19.0. The van der Waals surface area contributed by atoms with Crippen LogP contribution in [0, 0.1) is 11.7 Å². The first kappa shape index (κ1) is 13.9. The summed E-state index contributed by atoms with van der Waals surface area (Å²) in [5.41, 5.74) is 3.23. The van der Waals surface area contributed by atoms with Crippen molar-refractivity contribution in [1.29, 1.82) is 0 Å². The second kappa shape index (κ2) is 6.57. The lowest BCUT2D eigenvalue weighted by Crippen LogP contribution is -2.29. The lowest BCUT2D eigenvalue weighted by molar-refractivity contribution is 0.374. The number of halogens is 1. The van der Waals surface area contributed by atoms with Crippen LogP contribution in [0.3, 0.4) is 0 Å². The SMILES string of the molecule is COc1cccc(C(CCC(C)C)NN)c1F. The molecule has 1 rings (SSSR count). The number of hydrogen-bond acceptors (Lipinski definition) is 3. The van der Waals surface area contributed by atoms with Crippen LogP contribution in [0.2, 0.25) is 0 Å². The minimum atomic E-state index is -0.332. The van der Waals surface area contributed by atoms with Gasteiger partial charge in [0, 0.05) is 11.6 Å². The normalized spacial score (nSPS) is 12.8. The number of hydrazine groups is 1. The quantitative estimate of drug-likeness (QED) is 0.593. The summed E-state index contributed by atoms with van der Waals surface area (Å²) in [5, 5.41) is 0. The highest BCUT2D eigenvalue weighted by atomic mass is 19.1. The van der Waals surface area contributed by atoms with Gasteiger partial charge in [0.2, 0.25) is 0 Å². The molecule has 0 bridgehead atoms. The van der Waals surface area contributed by atoms with Crippen molar-refractivity contribution in [2.24, 2.45) is 11.8 Å². The first-order chi connectivity index (χ1) is 8.10. The lowest BCUT2D eigenvalue weighted by atomic mass is 9.97. The largest absolute Gasteiger partial charge is 0.494 e. The van der Waals surface area contributed by atoms with Gasteiger partial charge in [-0.15, -0.1) is 0 Å². The number of benzene rings is 1. The molecule has 0 heterocycles. The summed E-state index contributed by atoms with van der Waals surface area (Å²) in [6, 6.07) is 4.95. The molecule has 3 nitrogen and oxygen atoms in total. The van der Waals surface area contributed by atoms with Gasteiger partial charge < -0.3 is 4.74 Å². The Hall–Kier alpha value is -1.13. The molecule has 0 amide bonds. The molecule has 0 aliphatic carbocycles. The third-order valence-electron chi connectivity index (χ3n) is 2.82. The van der Waals surface area contributed by atoms with E-state index < -0.39 is 0 Å². The van der Waals surface area contributed by atoms with Crippen LogP contribution in [0.1, 0.15) is 38.3 Å². The molecule has 0 aliphatic rings. The van der Waals surface area contributed by atoms with E-state index >= 15 is 0 Å². The molecule has 0 aliphatic heterocycles. The minimum absolute atomic E-state index is 0.174. The molecule has 0 saturated heterocycles. The van der Waals surface area contributed by atoms with E-state index in [4.69, 9.17) is 10.6 Å². The Kier molecular flexibility index (Phi) is 5.38. The average molecular weight is 240 g/mol. The average Bonchev–Trinajstić information content (AvgIpc) is 2.31. The zero-order chi connectivity index (χ0) is 12.8. The standard InChI is InChI=1S/C13H21FN2O/c1-9(2)7-8-11(16-15)10-5-4-6-12(17-3)13(10)14/h4-6,9,11,16H,7-8,15H2,1-3H3. The van der Waals surface area contributed by atoms with E-state index in [0.717, 1.165) is 12.8 Å². The van der Waals surface area contributed by atoms with Crippen molar-refractivity contribution in [2.45, 2.75) is 32.7 Å². The first-order valence-electron chi connectivity index (χ1n) is 5.88. The number of methoxy groups -OCH3 is 1. The van der Waals surface area contributed by atoms with Gasteiger partial charge in [0.05, 0.1) is 7.11 Å². The van der Waals surface area contributed by atoms with Gasteiger partial charge in [0.1, 0.15) is 0 Å². The predicted octanol–water partition coefficient (Wildman–Crippen LogP) is 2.77. The Bertz CT molecular complexity index is 355. The molecular formula is C13H21FN2O. The maximum Gasteiger partial charge on any atom is 0.169 e. The number of ether oxygens (including phenoxy) is 1. The summed E-state index contributed by atoms with van der Waals surface area (Å²) in [7, 11) is 1.46. The van der Waals surface area contributed by atoms with Gasteiger partial charge in [-0.05, 0) is 24.8 Å². The van der Waals surface area contributed by atoms with Crippen LogP contribution in [0.25, 0.3) is 0 Å². The number of nitrogens with one attached hydrogen (secondary N) is 1. The van der Waals surface area contributed by atoms with Crippen LogP contribution in [0.15, 0.2) is 18.2 Å². The zero-order valence-corrected chi connectivity index (χ0v) is 10.7. The zero-order valence-electron chi connectivity index (χ0n) is 10.7. The van der Waals surface area contributed by atoms with Gasteiger partial charge in [-0.2, -0.15) is 0 Å². The molecule has 0 fully saturated rings. The van der Waals surface area contributed by atoms with Crippen LogP contribution in [0.5, 0.6) is 5.75 Å². The Balaban J connectivity index is 2.87. The van der Waals surface area contributed by atoms with Crippen molar-refractivity contribution in [3.05, 3.63) is 29.6 Å². The third-order valence-corrected chi connectivity index (χ3v) is 2.82. The molecule has 0 saturated carbocycles. The summed E-state index contributed by atoms with van der Waals surface area (Å²) >= 11 is 0. The summed E-state index contributed by atoms with van der Waals surface area (Å²) in [6.07, 6.45) is 1.80. The highest BCUT2D eigenvalue weighted by molar-refractivity contribution is 5.32. The van der Waals surface area contributed by atoms with E-state index in [0.29, 0.717) is 11.5 Å². The fourth-order valence-electron chi connectivity index (χ4n) is 1.78. The predicted molar refractivity (Wildman–Crippen MR) is 67.1 cm³/mol. The second-order valence-corrected chi connectivity index (χ2v) is 4.55. The van der Waals surface area contributed by atoms with Gasteiger partial charge >= 0.3 is 0 Å². The molecule has 1 unspecified atom stereocenters. The van der Waals surface area contributed by atoms with Gasteiger partial charge in [-0.1, -0.05) is 26.0 Å². The van der Waals surface area contributed by atoms with E-state index in [1.807, 2.05) is 0 Å². The third kappa shape index (κ3) is 3.68. The molecule has 1 aromatic rings. The minimum Gasteiger partial charge on any atom is -0.494 e. The van der Waals surface area contributed by atoms with Crippen LogP contribution in [-0.4, -0.2) is 7.11 Å². The topological polar surface area (TPSA) is 47.3 Å². The van der Waals surface area contributed by atoms with Crippen LogP contribution >= 0.6 is 0 Å². The molecule has 0 radical (unpaired) electrons. The number of nitrogens with two attached hydrogens (primary N) is 1. The maximum absolute atomic E-state index is 14.0. The number of rotatable bonds is 6. The van der Waals surface area contributed by atoms with Gasteiger partial charge in [0.15, 0.2) is 11.6 Å². The van der Waals surface area contributed by atoms with E-state index in [2.05, 4.69) is 19.3 Å². The molecule has 1 atom stereocenters. The number of hydrogen-bond donors (Lipinski definition) is 2. The molecule has 1 aromatic carbocycles. The Morgan fingerprint density at radius 3 is 2.59 bits per heavy atom. The summed E-state index contributed by atoms with van der Waals surface area (Å²) in [5.74, 6) is 5.99. The summed E-state index contributed by atoms with van der Waals surface area (Å²) in [4.78, 5) is 0. The van der Waals surface area contributed by atoms with Crippen molar-refractivity contribution in [2.75, 3.05) is 7.11 Å². The van der Waals surface area contributed by atoms with Gasteiger partial charge in [-0.3, -0.25) is 11.3 Å². The van der Waals surface area contributed by atoms with Crippen molar-refractivity contribution < 1.29 is 9.13 Å². The van der Waals surface area contributed by atoms with Crippen molar-refractivity contribution >= 4 is 0 Å². The fraction of sp³-hybridized carbons (Fsp3) is 0.538. The van der Waals surface area contributed by atoms with E-state index in [-0.39, 0.29) is 17.6 Å². The van der Waals surface area contributed by atoms with Crippen molar-refractivity contribution in [3.8, 4) is 5.75 Å². The Labute approximate surface area is 102 Å². The smallest absolute Gasteiger partial charge is 0.169 e. The maximum atomic E-state index is 14.0. The molecular weight excluding hydrogens is 219 g/mol. The molecule has 96 valence electrons. The molecule has 17 heavy (non-hydrogen) atoms. The second-order valence-electron chi connectivity index (χ2n) is 4.55. The highest BCUT2D eigenvalue weighted by Crippen LogP contribution is 2.27. The van der Waals surface area contributed by atoms with Crippen molar-refractivity contribution in [1.82, 2.24) is 5.43 Å². The molecule has 0 spiro atoms. The summed E-state index contributed by atoms with van der Waals surface area (Å²) in [6.45, 7) is 4.27. The highest BCUT2D eigenvalue weighted by Gasteiger charge is 2.17. The van der Waals surface area contributed by atoms with Crippen LogP contribution in [-0.2, 0) is 0 Å². The van der Waals surface area contributed by atoms with Crippen LogP contribution < -0.4 is 16.0 Å². The monoisotopic (exact) mass is 240 g/mol. The van der Waals surface area contributed by atoms with Gasteiger partial charge in [-0.25, -0.2) is 4.39 Å². The fourth-order valence-corrected chi connectivity index (χ4v) is 1.78.